The molecular formula is C32H37BrN2O2S. The molecule has 0 unspecified atom stereocenters. The Hall–Kier alpha value is -2.57. The van der Waals surface area contributed by atoms with E-state index in [1.807, 2.05) is 77.7 Å². The first-order valence-corrected chi connectivity index (χ1v) is 15.5. The zero-order valence-electron chi connectivity index (χ0n) is 21.9. The topological polar surface area (TPSA) is 49.4 Å². The van der Waals surface area contributed by atoms with Crippen molar-refractivity contribution in [1.82, 2.24) is 10.2 Å². The van der Waals surface area contributed by atoms with Gasteiger partial charge in [0.05, 0.1) is 0 Å². The van der Waals surface area contributed by atoms with Crippen LogP contribution in [0.15, 0.2) is 89.4 Å². The summed E-state index contributed by atoms with van der Waals surface area (Å²) in [4.78, 5) is 29.4. The molecule has 1 aliphatic rings. The van der Waals surface area contributed by atoms with Gasteiger partial charge in [-0.2, -0.15) is 11.8 Å². The third-order valence-corrected chi connectivity index (χ3v) is 8.56. The van der Waals surface area contributed by atoms with Gasteiger partial charge in [0.25, 0.3) is 0 Å². The number of carbonyl (C=O) groups excluding carboxylic acids is 2. The van der Waals surface area contributed by atoms with Crippen LogP contribution in [0.1, 0.15) is 55.2 Å². The Morgan fingerprint density at radius 3 is 2.21 bits per heavy atom. The van der Waals surface area contributed by atoms with Crippen molar-refractivity contribution in [3.63, 3.8) is 0 Å². The summed E-state index contributed by atoms with van der Waals surface area (Å²) in [5.74, 6) is 1.56. The SMILES string of the molecule is O=C(NC1CCCCC1)[C@@H](Cc1ccccc1)N(Cc1cccc(Br)c1)C(=O)CCSCc1ccccc1. The van der Waals surface area contributed by atoms with Gasteiger partial charge < -0.3 is 10.2 Å². The van der Waals surface area contributed by atoms with E-state index in [-0.39, 0.29) is 17.9 Å². The van der Waals surface area contributed by atoms with Crippen LogP contribution in [0.2, 0.25) is 0 Å². The summed E-state index contributed by atoms with van der Waals surface area (Å²) in [6.07, 6.45) is 6.44. The minimum Gasteiger partial charge on any atom is -0.352 e. The highest BCUT2D eigenvalue weighted by molar-refractivity contribution is 9.10. The Morgan fingerprint density at radius 1 is 0.868 bits per heavy atom. The molecule has 4 nitrogen and oxygen atoms in total. The zero-order chi connectivity index (χ0) is 26.6. The van der Waals surface area contributed by atoms with E-state index >= 15 is 0 Å². The van der Waals surface area contributed by atoms with Gasteiger partial charge in [-0.3, -0.25) is 9.59 Å². The molecule has 1 atom stereocenters. The number of benzene rings is 3. The fraction of sp³-hybridized carbons (Fsp3) is 0.375. The largest absolute Gasteiger partial charge is 0.352 e. The maximum Gasteiger partial charge on any atom is 0.243 e. The minimum atomic E-state index is -0.565. The summed E-state index contributed by atoms with van der Waals surface area (Å²) in [6.45, 7) is 0.400. The van der Waals surface area contributed by atoms with Crippen molar-refractivity contribution in [3.05, 3.63) is 106 Å². The number of hydrogen-bond donors (Lipinski definition) is 1. The number of halogens is 1. The molecule has 3 aromatic rings. The highest BCUT2D eigenvalue weighted by atomic mass is 79.9. The summed E-state index contributed by atoms with van der Waals surface area (Å²) in [6, 6.07) is 28.0. The maximum absolute atomic E-state index is 13.8. The first kappa shape index (κ1) is 28.4. The van der Waals surface area contributed by atoms with E-state index in [4.69, 9.17) is 0 Å². The number of nitrogens with one attached hydrogen (secondary N) is 1. The van der Waals surface area contributed by atoms with Gasteiger partial charge in [0.1, 0.15) is 6.04 Å². The quantitative estimate of drug-likeness (QED) is 0.227. The second-order valence-corrected chi connectivity index (χ2v) is 12.0. The van der Waals surface area contributed by atoms with Crippen LogP contribution in [0.25, 0.3) is 0 Å². The van der Waals surface area contributed by atoms with E-state index in [1.54, 1.807) is 11.8 Å². The first-order chi connectivity index (χ1) is 18.6. The molecular weight excluding hydrogens is 556 g/mol. The predicted octanol–water partition coefficient (Wildman–Crippen LogP) is 7.16. The van der Waals surface area contributed by atoms with Gasteiger partial charge in [-0.15, -0.1) is 0 Å². The van der Waals surface area contributed by atoms with Crippen molar-refractivity contribution in [2.45, 2.75) is 69.3 Å². The van der Waals surface area contributed by atoms with Crippen molar-refractivity contribution >= 4 is 39.5 Å². The summed E-state index contributed by atoms with van der Waals surface area (Å²) < 4.78 is 0.965. The number of nitrogens with zero attached hydrogens (tertiary/aromatic N) is 1. The van der Waals surface area contributed by atoms with Gasteiger partial charge >= 0.3 is 0 Å². The molecule has 0 radical (unpaired) electrons. The van der Waals surface area contributed by atoms with Crippen LogP contribution in [0.4, 0.5) is 0 Å². The molecule has 3 aromatic carbocycles. The van der Waals surface area contributed by atoms with E-state index in [2.05, 4.69) is 33.4 Å². The third kappa shape index (κ3) is 9.02. The second kappa shape index (κ2) is 15.1. The van der Waals surface area contributed by atoms with Crippen molar-refractivity contribution in [3.8, 4) is 0 Å². The molecule has 0 heterocycles. The van der Waals surface area contributed by atoms with Crippen LogP contribution in [0.3, 0.4) is 0 Å². The fourth-order valence-corrected chi connectivity index (χ4v) is 6.34. The van der Waals surface area contributed by atoms with Gasteiger partial charge in [-0.25, -0.2) is 0 Å². The van der Waals surface area contributed by atoms with Crippen molar-refractivity contribution < 1.29 is 9.59 Å². The van der Waals surface area contributed by atoms with Gasteiger partial charge in [-0.1, -0.05) is 108 Å². The normalized spacial score (nSPS) is 14.6. The molecule has 1 N–H and O–H groups in total. The zero-order valence-corrected chi connectivity index (χ0v) is 24.3. The predicted molar refractivity (Wildman–Crippen MR) is 161 cm³/mol. The van der Waals surface area contributed by atoms with Crippen molar-refractivity contribution in [1.29, 1.82) is 0 Å². The lowest BCUT2D eigenvalue weighted by Gasteiger charge is -2.33. The van der Waals surface area contributed by atoms with Crippen molar-refractivity contribution in [2.24, 2.45) is 0 Å². The Bertz CT molecular complexity index is 1150. The van der Waals surface area contributed by atoms with Crippen LogP contribution in [0, 0.1) is 0 Å². The third-order valence-electron chi connectivity index (χ3n) is 7.04. The molecule has 1 saturated carbocycles. The summed E-state index contributed by atoms with van der Waals surface area (Å²) in [7, 11) is 0. The summed E-state index contributed by atoms with van der Waals surface area (Å²) in [5.41, 5.74) is 3.32. The average Bonchev–Trinajstić information content (AvgIpc) is 2.94. The van der Waals surface area contributed by atoms with Crippen LogP contribution in [-0.2, 0) is 28.3 Å². The summed E-state index contributed by atoms with van der Waals surface area (Å²) >= 11 is 5.32. The highest BCUT2D eigenvalue weighted by Crippen LogP contribution is 2.22. The minimum absolute atomic E-state index is 0.0188. The molecule has 6 heteroatoms. The van der Waals surface area contributed by atoms with Crippen LogP contribution in [-0.4, -0.2) is 34.6 Å². The fourth-order valence-electron chi connectivity index (χ4n) is 5.00. The monoisotopic (exact) mass is 592 g/mol. The maximum atomic E-state index is 13.8. The Balaban J connectivity index is 1.52. The molecule has 0 saturated heterocycles. The van der Waals surface area contributed by atoms with E-state index < -0.39 is 6.04 Å². The number of hydrogen-bond acceptors (Lipinski definition) is 3. The lowest BCUT2D eigenvalue weighted by atomic mass is 9.94. The van der Waals surface area contributed by atoms with Crippen LogP contribution in [0.5, 0.6) is 0 Å². The van der Waals surface area contributed by atoms with Crippen molar-refractivity contribution in [2.75, 3.05) is 5.75 Å². The molecule has 0 bridgehead atoms. The molecule has 2 amide bonds. The van der Waals surface area contributed by atoms with E-state index in [0.717, 1.165) is 47.0 Å². The molecule has 0 spiro atoms. The second-order valence-electron chi connectivity index (χ2n) is 9.99. The molecule has 38 heavy (non-hydrogen) atoms. The molecule has 4 rings (SSSR count). The number of amides is 2. The number of rotatable bonds is 12. The molecule has 0 aliphatic heterocycles. The van der Waals surface area contributed by atoms with Crippen LogP contribution >= 0.6 is 27.7 Å². The van der Waals surface area contributed by atoms with Gasteiger partial charge in [-0.05, 0) is 41.7 Å². The highest BCUT2D eigenvalue weighted by Gasteiger charge is 2.31. The molecule has 0 aromatic heterocycles. The van der Waals surface area contributed by atoms with E-state index in [1.165, 1.54) is 12.0 Å². The van der Waals surface area contributed by atoms with Gasteiger partial charge in [0.2, 0.25) is 11.8 Å². The number of thioether (sulfide) groups is 1. The number of carbonyl (C=O) groups is 2. The Kier molecular flexibility index (Phi) is 11.3. The summed E-state index contributed by atoms with van der Waals surface area (Å²) in [5, 5.41) is 3.31. The van der Waals surface area contributed by atoms with E-state index in [9.17, 15) is 9.59 Å². The average molecular weight is 594 g/mol. The lowest BCUT2D eigenvalue weighted by molar-refractivity contribution is -0.141. The smallest absolute Gasteiger partial charge is 0.243 e. The first-order valence-electron chi connectivity index (χ1n) is 13.6. The molecule has 1 fully saturated rings. The van der Waals surface area contributed by atoms with E-state index in [0.29, 0.717) is 25.1 Å². The molecule has 200 valence electrons. The molecule has 1 aliphatic carbocycles. The Labute approximate surface area is 239 Å². The van der Waals surface area contributed by atoms with Gasteiger partial charge in [0, 0.05) is 41.4 Å². The Morgan fingerprint density at radius 2 is 1.53 bits per heavy atom. The van der Waals surface area contributed by atoms with Gasteiger partial charge in [0.15, 0.2) is 0 Å². The standard InChI is InChI=1S/C32H37BrN2O2S/c33-28-16-10-15-27(21-28)23-35(31(36)19-20-38-24-26-13-6-2-7-14-26)30(22-25-11-4-1-5-12-25)32(37)34-29-17-8-3-9-18-29/h1-2,4-7,10-16,21,29-30H,3,8-9,17-20,22-24H2,(H,34,37)/t30-/m1/s1. The lowest BCUT2D eigenvalue weighted by Crippen LogP contribution is -2.52. The van der Waals surface area contributed by atoms with Crippen LogP contribution < -0.4 is 5.32 Å².